The Balaban J connectivity index is 1.86. The van der Waals surface area contributed by atoms with Crippen LogP contribution in [0.4, 0.5) is 0 Å². The van der Waals surface area contributed by atoms with Crippen LogP contribution in [0.5, 0.6) is 11.5 Å². The van der Waals surface area contributed by atoms with E-state index in [0.29, 0.717) is 49.8 Å². The summed E-state index contributed by atoms with van der Waals surface area (Å²) >= 11 is 0. The SMILES string of the molecule is CCCOc1cc(OC)ccc1C(=O)N1C[C@H]2COCC[C@@]2(C(=O)O)C1. The quantitative estimate of drug-likeness (QED) is 0.833. The van der Waals surface area contributed by atoms with E-state index in [0.717, 1.165) is 6.42 Å². The molecule has 2 atom stereocenters. The van der Waals surface area contributed by atoms with Gasteiger partial charge in [-0.1, -0.05) is 6.92 Å². The first-order valence-corrected chi connectivity index (χ1v) is 8.93. The molecule has 2 saturated heterocycles. The number of fused-ring (bicyclic) bond motifs is 1. The predicted molar refractivity (Wildman–Crippen MR) is 93.7 cm³/mol. The van der Waals surface area contributed by atoms with E-state index in [1.54, 1.807) is 30.2 Å². The lowest BCUT2D eigenvalue weighted by atomic mass is 9.74. The maximum atomic E-state index is 13.1. The second-order valence-electron chi connectivity index (χ2n) is 6.88. The molecule has 0 aliphatic carbocycles. The molecule has 0 bridgehead atoms. The van der Waals surface area contributed by atoms with Crippen molar-refractivity contribution in [1.29, 1.82) is 0 Å². The van der Waals surface area contributed by atoms with Gasteiger partial charge in [0.2, 0.25) is 0 Å². The van der Waals surface area contributed by atoms with Gasteiger partial charge in [0, 0.05) is 31.7 Å². The first-order chi connectivity index (χ1) is 12.5. The molecule has 0 saturated carbocycles. The number of carboxylic acids is 1. The van der Waals surface area contributed by atoms with Crippen molar-refractivity contribution in [1.82, 2.24) is 4.90 Å². The molecular weight excluding hydrogens is 338 g/mol. The fraction of sp³-hybridized carbons (Fsp3) is 0.579. The maximum Gasteiger partial charge on any atom is 0.311 e. The highest BCUT2D eigenvalue weighted by Crippen LogP contribution is 2.43. The number of hydrogen-bond acceptors (Lipinski definition) is 5. The summed E-state index contributed by atoms with van der Waals surface area (Å²) in [6, 6.07) is 5.09. The van der Waals surface area contributed by atoms with E-state index in [9.17, 15) is 14.7 Å². The third kappa shape index (κ3) is 3.23. The van der Waals surface area contributed by atoms with E-state index >= 15 is 0 Å². The average Bonchev–Trinajstić information content (AvgIpc) is 3.06. The molecule has 1 aromatic carbocycles. The Kier molecular flexibility index (Phi) is 5.36. The fourth-order valence-corrected chi connectivity index (χ4v) is 3.76. The maximum absolute atomic E-state index is 13.1. The summed E-state index contributed by atoms with van der Waals surface area (Å²) in [6.45, 7) is 3.85. The molecule has 2 fully saturated rings. The largest absolute Gasteiger partial charge is 0.497 e. The summed E-state index contributed by atoms with van der Waals surface area (Å²) in [5, 5.41) is 9.77. The lowest BCUT2D eigenvalue weighted by Gasteiger charge is -2.33. The van der Waals surface area contributed by atoms with Crippen LogP contribution in [0.3, 0.4) is 0 Å². The Morgan fingerprint density at radius 3 is 2.88 bits per heavy atom. The number of nitrogens with zero attached hydrogens (tertiary/aromatic N) is 1. The minimum atomic E-state index is -0.912. The summed E-state index contributed by atoms with van der Waals surface area (Å²) < 4.78 is 16.4. The van der Waals surface area contributed by atoms with Crippen LogP contribution in [0.25, 0.3) is 0 Å². The van der Waals surface area contributed by atoms with Gasteiger partial charge in [0.1, 0.15) is 11.5 Å². The van der Waals surface area contributed by atoms with E-state index in [2.05, 4.69) is 0 Å². The number of methoxy groups -OCH3 is 1. The van der Waals surface area contributed by atoms with E-state index in [-0.39, 0.29) is 18.4 Å². The molecule has 1 N–H and O–H groups in total. The molecule has 0 spiro atoms. The standard InChI is InChI=1S/C19H25NO6/c1-3-7-26-16-9-14(24-2)4-5-15(16)17(21)20-10-13-11-25-8-6-19(13,12-20)18(22)23/h4-5,9,13H,3,6-8,10-12H2,1-2H3,(H,22,23)/t13-,19+/m0/s1. The molecule has 0 radical (unpaired) electrons. The van der Waals surface area contributed by atoms with Crippen LogP contribution in [0.15, 0.2) is 18.2 Å². The number of amides is 1. The molecule has 0 unspecified atom stereocenters. The summed E-state index contributed by atoms with van der Waals surface area (Å²) in [4.78, 5) is 26.6. The number of aliphatic carboxylic acids is 1. The lowest BCUT2D eigenvalue weighted by molar-refractivity contribution is -0.157. The first-order valence-electron chi connectivity index (χ1n) is 8.93. The second kappa shape index (κ2) is 7.53. The Bertz CT molecular complexity index is 691. The number of carbonyl (C=O) groups excluding carboxylic acids is 1. The summed E-state index contributed by atoms with van der Waals surface area (Å²) in [7, 11) is 1.56. The van der Waals surface area contributed by atoms with Gasteiger partial charge in [-0.3, -0.25) is 9.59 Å². The highest BCUT2D eigenvalue weighted by molar-refractivity contribution is 5.98. The normalized spacial score (nSPS) is 24.8. The Labute approximate surface area is 152 Å². The molecule has 2 aliphatic rings. The third-order valence-corrected chi connectivity index (χ3v) is 5.30. The molecule has 1 aromatic rings. The van der Waals surface area contributed by atoms with Crippen molar-refractivity contribution in [2.75, 3.05) is 40.0 Å². The number of ether oxygens (including phenoxy) is 3. The molecule has 2 heterocycles. The highest BCUT2D eigenvalue weighted by atomic mass is 16.5. The molecule has 7 heteroatoms. The molecule has 3 rings (SSSR count). The molecule has 0 aromatic heterocycles. The fourth-order valence-electron chi connectivity index (χ4n) is 3.76. The van der Waals surface area contributed by atoms with Crippen molar-refractivity contribution < 1.29 is 28.9 Å². The summed E-state index contributed by atoms with van der Waals surface area (Å²) in [5.74, 6) is -0.173. The Morgan fingerprint density at radius 1 is 1.42 bits per heavy atom. The van der Waals surface area contributed by atoms with Gasteiger partial charge in [-0.25, -0.2) is 0 Å². The zero-order chi connectivity index (χ0) is 18.7. The van der Waals surface area contributed by atoms with E-state index in [1.807, 2.05) is 6.92 Å². The number of carbonyl (C=O) groups is 2. The van der Waals surface area contributed by atoms with Gasteiger partial charge >= 0.3 is 5.97 Å². The number of likely N-dealkylation sites (tertiary alicyclic amines) is 1. The second-order valence-corrected chi connectivity index (χ2v) is 6.88. The van der Waals surface area contributed by atoms with Crippen molar-refractivity contribution in [2.45, 2.75) is 19.8 Å². The van der Waals surface area contributed by atoms with E-state index in [4.69, 9.17) is 14.2 Å². The topological polar surface area (TPSA) is 85.3 Å². The zero-order valence-corrected chi connectivity index (χ0v) is 15.2. The zero-order valence-electron chi connectivity index (χ0n) is 15.2. The van der Waals surface area contributed by atoms with Crippen LogP contribution < -0.4 is 9.47 Å². The molecule has 142 valence electrons. The van der Waals surface area contributed by atoms with Crippen LogP contribution in [-0.4, -0.2) is 61.9 Å². The van der Waals surface area contributed by atoms with Gasteiger partial charge in [0.25, 0.3) is 5.91 Å². The van der Waals surface area contributed by atoms with Crippen molar-refractivity contribution in [2.24, 2.45) is 11.3 Å². The molecule has 26 heavy (non-hydrogen) atoms. The van der Waals surface area contributed by atoms with Gasteiger partial charge in [-0.05, 0) is 25.0 Å². The van der Waals surface area contributed by atoms with Crippen LogP contribution in [0.1, 0.15) is 30.1 Å². The van der Waals surface area contributed by atoms with Crippen molar-refractivity contribution in [3.8, 4) is 11.5 Å². The van der Waals surface area contributed by atoms with Crippen molar-refractivity contribution >= 4 is 11.9 Å². The van der Waals surface area contributed by atoms with Gasteiger partial charge in [-0.2, -0.15) is 0 Å². The molecular formula is C19H25NO6. The summed E-state index contributed by atoms with van der Waals surface area (Å²) in [5.41, 5.74) is -0.482. The van der Waals surface area contributed by atoms with Crippen molar-refractivity contribution in [3.05, 3.63) is 23.8 Å². The van der Waals surface area contributed by atoms with Crippen LogP contribution in [0, 0.1) is 11.3 Å². The van der Waals surface area contributed by atoms with E-state index < -0.39 is 11.4 Å². The number of hydrogen-bond donors (Lipinski definition) is 1. The van der Waals surface area contributed by atoms with Crippen LogP contribution >= 0.6 is 0 Å². The third-order valence-electron chi connectivity index (χ3n) is 5.30. The summed E-state index contributed by atoms with van der Waals surface area (Å²) in [6.07, 6.45) is 1.24. The van der Waals surface area contributed by atoms with Gasteiger partial charge in [-0.15, -0.1) is 0 Å². The molecule has 2 aliphatic heterocycles. The molecule has 7 nitrogen and oxygen atoms in total. The average molecular weight is 363 g/mol. The van der Waals surface area contributed by atoms with Crippen LogP contribution in [-0.2, 0) is 9.53 Å². The lowest BCUT2D eigenvalue weighted by Crippen LogP contribution is -2.45. The number of benzene rings is 1. The molecule has 1 amide bonds. The number of carboxylic acid groups (broad SMARTS) is 1. The van der Waals surface area contributed by atoms with E-state index in [1.165, 1.54) is 0 Å². The van der Waals surface area contributed by atoms with Gasteiger partial charge in [0.15, 0.2) is 0 Å². The highest BCUT2D eigenvalue weighted by Gasteiger charge is 2.55. The monoisotopic (exact) mass is 363 g/mol. The van der Waals surface area contributed by atoms with Gasteiger partial charge < -0.3 is 24.2 Å². The van der Waals surface area contributed by atoms with Crippen LogP contribution in [0.2, 0.25) is 0 Å². The first kappa shape index (κ1) is 18.5. The Morgan fingerprint density at radius 2 is 2.23 bits per heavy atom. The van der Waals surface area contributed by atoms with Gasteiger partial charge in [0.05, 0.1) is 31.3 Å². The van der Waals surface area contributed by atoms with Crippen molar-refractivity contribution in [3.63, 3.8) is 0 Å². The number of rotatable bonds is 6. The minimum Gasteiger partial charge on any atom is -0.497 e. The minimum absolute atomic E-state index is 0.184. The Hall–Kier alpha value is -2.28. The predicted octanol–water partition coefficient (Wildman–Crippen LogP) is 2.05. The smallest absolute Gasteiger partial charge is 0.311 e.